The summed E-state index contributed by atoms with van der Waals surface area (Å²) in [5, 5.41) is 14.9. The third-order valence-electron chi connectivity index (χ3n) is 7.75. The number of alkyl carbamates (subject to hydrolysis) is 1. The van der Waals surface area contributed by atoms with Gasteiger partial charge in [-0.25, -0.2) is 4.79 Å². The molecule has 0 saturated heterocycles. The Balaban J connectivity index is 1.05. The topological polar surface area (TPSA) is 105 Å². The Labute approximate surface area is 205 Å². The molecule has 2 saturated carbocycles. The van der Waals surface area contributed by atoms with E-state index in [4.69, 9.17) is 9.84 Å². The van der Waals surface area contributed by atoms with E-state index in [9.17, 15) is 14.4 Å². The zero-order chi connectivity index (χ0) is 24.4. The number of benzene rings is 2. The molecule has 2 aromatic carbocycles. The van der Waals surface area contributed by atoms with Gasteiger partial charge in [0.1, 0.15) is 6.61 Å². The van der Waals surface area contributed by atoms with Gasteiger partial charge in [-0.1, -0.05) is 48.5 Å². The number of carbonyl (C=O) groups is 3. The average molecular weight is 477 g/mol. The number of carboxylic acid groups (broad SMARTS) is 1. The lowest BCUT2D eigenvalue weighted by Crippen LogP contribution is -2.45. The number of carboxylic acids is 1. The van der Waals surface area contributed by atoms with Gasteiger partial charge in [0.25, 0.3) is 0 Å². The van der Waals surface area contributed by atoms with Crippen molar-refractivity contribution in [3.8, 4) is 11.1 Å². The second-order valence-corrected chi connectivity index (χ2v) is 10.2. The first-order valence-corrected chi connectivity index (χ1v) is 12.6. The van der Waals surface area contributed by atoms with Gasteiger partial charge in [-0.05, 0) is 66.2 Å². The molecule has 35 heavy (non-hydrogen) atoms. The lowest BCUT2D eigenvalue weighted by molar-refractivity contribution is -0.139. The summed E-state index contributed by atoms with van der Waals surface area (Å²) in [7, 11) is 0. The van der Waals surface area contributed by atoms with Crippen molar-refractivity contribution in [1.29, 1.82) is 0 Å². The van der Waals surface area contributed by atoms with E-state index in [2.05, 4.69) is 34.9 Å². The first-order chi connectivity index (χ1) is 17.0. The molecule has 0 bridgehead atoms. The van der Waals surface area contributed by atoms with Gasteiger partial charge in [0.2, 0.25) is 5.91 Å². The minimum Gasteiger partial charge on any atom is -0.481 e. The van der Waals surface area contributed by atoms with Gasteiger partial charge in [-0.2, -0.15) is 0 Å². The zero-order valence-electron chi connectivity index (χ0n) is 19.7. The minimum absolute atomic E-state index is 0.0205. The molecule has 2 atom stereocenters. The fourth-order valence-corrected chi connectivity index (χ4v) is 6.01. The highest BCUT2D eigenvalue weighted by molar-refractivity contribution is 5.79. The van der Waals surface area contributed by atoms with E-state index in [0.29, 0.717) is 13.0 Å². The molecule has 2 amide bonds. The fraction of sp³-hybridized carbons (Fsp3) is 0.464. The summed E-state index contributed by atoms with van der Waals surface area (Å²) in [4.78, 5) is 35.7. The first-order valence-electron chi connectivity index (χ1n) is 12.6. The largest absolute Gasteiger partial charge is 0.481 e. The zero-order valence-corrected chi connectivity index (χ0v) is 19.7. The highest BCUT2D eigenvalue weighted by atomic mass is 16.5. The number of aliphatic carboxylic acids is 1. The van der Waals surface area contributed by atoms with Crippen LogP contribution in [-0.4, -0.2) is 41.8 Å². The van der Waals surface area contributed by atoms with E-state index in [0.717, 1.165) is 32.1 Å². The molecule has 2 fully saturated rings. The number of fused-ring (bicyclic) bond motifs is 3. The number of carbonyl (C=O) groups excluding carboxylic acids is 2. The number of hydrogen-bond donors (Lipinski definition) is 3. The van der Waals surface area contributed by atoms with Crippen molar-refractivity contribution >= 4 is 18.0 Å². The highest BCUT2D eigenvalue weighted by Gasteiger charge is 2.34. The van der Waals surface area contributed by atoms with Crippen molar-refractivity contribution in [3.05, 3.63) is 59.7 Å². The lowest BCUT2D eigenvalue weighted by Gasteiger charge is -2.35. The van der Waals surface area contributed by atoms with Crippen LogP contribution in [-0.2, 0) is 14.3 Å². The summed E-state index contributed by atoms with van der Waals surface area (Å²) in [6, 6.07) is 16.7. The molecule has 0 heterocycles. The van der Waals surface area contributed by atoms with Gasteiger partial charge in [0.15, 0.2) is 0 Å². The van der Waals surface area contributed by atoms with Crippen LogP contribution in [0.4, 0.5) is 4.79 Å². The maximum absolute atomic E-state index is 12.6. The third-order valence-corrected chi connectivity index (χ3v) is 7.75. The quantitative estimate of drug-likeness (QED) is 0.522. The molecule has 184 valence electrons. The van der Waals surface area contributed by atoms with Crippen LogP contribution in [0.5, 0.6) is 0 Å². The molecule has 0 radical (unpaired) electrons. The van der Waals surface area contributed by atoms with Crippen molar-refractivity contribution in [1.82, 2.24) is 10.6 Å². The van der Waals surface area contributed by atoms with Gasteiger partial charge in [-0.3, -0.25) is 9.59 Å². The maximum atomic E-state index is 12.6. The Kier molecular flexibility index (Phi) is 6.75. The van der Waals surface area contributed by atoms with Gasteiger partial charge in [-0.15, -0.1) is 0 Å². The summed E-state index contributed by atoms with van der Waals surface area (Å²) in [6.45, 7) is 0.294. The molecule has 0 aliphatic heterocycles. The predicted molar refractivity (Wildman–Crippen MR) is 131 cm³/mol. The van der Waals surface area contributed by atoms with E-state index in [1.54, 1.807) is 0 Å². The minimum atomic E-state index is -0.777. The van der Waals surface area contributed by atoms with Crippen LogP contribution in [0.2, 0.25) is 0 Å². The van der Waals surface area contributed by atoms with Crippen LogP contribution in [0.1, 0.15) is 62.0 Å². The second-order valence-electron chi connectivity index (χ2n) is 10.2. The fourth-order valence-electron chi connectivity index (χ4n) is 6.01. The molecule has 3 aliphatic rings. The Bertz CT molecular complexity index is 1060. The van der Waals surface area contributed by atoms with E-state index in [-0.39, 0.29) is 42.2 Å². The number of amides is 2. The van der Waals surface area contributed by atoms with Crippen LogP contribution >= 0.6 is 0 Å². The number of rotatable bonds is 8. The normalized spacial score (nSPS) is 24.7. The molecule has 0 spiro atoms. The molecule has 2 aromatic rings. The van der Waals surface area contributed by atoms with Crippen molar-refractivity contribution < 1.29 is 24.2 Å². The summed E-state index contributed by atoms with van der Waals surface area (Å²) in [5.41, 5.74) is 4.78. The third kappa shape index (κ3) is 5.34. The summed E-state index contributed by atoms with van der Waals surface area (Å²) >= 11 is 0. The molecular weight excluding hydrogens is 444 g/mol. The highest BCUT2D eigenvalue weighted by Crippen LogP contribution is 2.44. The van der Waals surface area contributed by atoms with Crippen LogP contribution in [0.25, 0.3) is 11.1 Å². The Hall–Kier alpha value is -3.35. The van der Waals surface area contributed by atoms with Crippen molar-refractivity contribution in [2.75, 3.05) is 6.61 Å². The van der Waals surface area contributed by atoms with E-state index < -0.39 is 12.1 Å². The molecule has 7 heteroatoms. The Morgan fingerprint density at radius 1 is 0.800 bits per heavy atom. The average Bonchev–Trinajstić information content (AvgIpc) is 3.37. The van der Waals surface area contributed by atoms with Crippen molar-refractivity contribution in [2.24, 2.45) is 11.8 Å². The van der Waals surface area contributed by atoms with Gasteiger partial charge in [0.05, 0.1) is 0 Å². The molecule has 7 nitrogen and oxygen atoms in total. The molecule has 0 aromatic heterocycles. The van der Waals surface area contributed by atoms with Crippen molar-refractivity contribution in [2.45, 2.75) is 62.9 Å². The van der Waals surface area contributed by atoms with Crippen LogP contribution in [0.15, 0.2) is 48.5 Å². The standard InChI is InChI=1S/C28H32N2O5/c31-26(29-20-12-18(13-20)15-27(32)33)14-17-9-10-19(11-17)30-28(34)35-16-25-23-7-3-1-5-21(23)22-6-2-4-8-24(22)25/h1-8,17-20,25H,9-16H2,(H,29,31)(H,30,34)(H,32,33)/t17-,18?,19+,20?/m0/s1. The van der Waals surface area contributed by atoms with E-state index in [1.807, 2.05) is 24.3 Å². The van der Waals surface area contributed by atoms with Crippen LogP contribution in [0.3, 0.4) is 0 Å². The second kappa shape index (κ2) is 10.1. The molecule has 3 N–H and O–H groups in total. The summed E-state index contributed by atoms with van der Waals surface area (Å²) in [5.74, 6) is -0.301. The monoisotopic (exact) mass is 476 g/mol. The van der Waals surface area contributed by atoms with Gasteiger partial charge < -0.3 is 20.5 Å². The summed E-state index contributed by atoms with van der Waals surface area (Å²) < 4.78 is 5.66. The molecule has 0 unspecified atom stereocenters. The van der Waals surface area contributed by atoms with Crippen molar-refractivity contribution in [3.63, 3.8) is 0 Å². The van der Waals surface area contributed by atoms with Gasteiger partial charge in [0, 0.05) is 30.8 Å². The predicted octanol–water partition coefficient (Wildman–Crippen LogP) is 4.45. The smallest absolute Gasteiger partial charge is 0.407 e. The van der Waals surface area contributed by atoms with Crippen LogP contribution in [0, 0.1) is 11.8 Å². The maximum Gasteiger partial charge on any atom is 0.407 e. The molecule has 3 aliphatic carbocycles. The van der Waals surface area contributed by atoms with E-state index >= 15 is 0 Å². The van der Waals surface area contributed by atoms with Crippen LogP contribution < -0.4 is 10.6 Å². The SMILES string of the molecule is O=C(O)CC1CC(NC(=O)C[C@H]2CC[C@@H](NC(=O)OCC3c4ccccc4-c4ccccc43)C2)C1. The first kappa shape index (κ1) is 23.4. The Morgan fingerprint density at radius 3 is 2.09 bits per heavy atom. The number of hydrogen-bond acceptors (Lipinski definition) is 4. The number of ether oxygens (including phenoxy) is 1. The molecular formula is C28H32N2O5. The summed E-state index contributed by atoms with van der Waals surface area (Å²) in [6.07, 6.45) is 4.22. The lowest BCUT2D eigenvalue weighted by atomic mass is 9.78. The Morgan fingerprint density at radius 2 is 1.43 bits per heavy atom. The number of nitrogens with one attached hydrogen (secondary N) is 2. The molecule has 5 rings (SSSR count). The van der Waals surface area contributed by atoms with Gasteiger partial charge >= 0.3 is 12.1 Å². The van der Waals surface area contributed by atoms with E-state index in [1.165, 1.54) is 22.3 Å².